The van der Waals surface area contributed by atoms with Gasteiger partial charge in [-0.3, -0.25) is 10.1 Å². The molecule has 25 heavy (non-hydrogen) atoms. The summed E-state index contributed by atoms with van der Waals surface area (Å²) in [4.78, 5) is 13.0. The van der Waals surface area contributed by atoms with E-state index < -0.39 is 11.6 Å². The van der Waals surface area contributed by atoms with Gasteiger partial charge in [0.2, 0.25) is 0 Å². The van der Waals surface area contributed by atoms with Crippen molar-refractivity contribution in [2.45, 2.75) is 12.7 Å². The Kier molecular flexibility index (Phi) is 4.06. The van der Waals surface area contributed by atoms with Crippen LogP contribution in [0.25, 0.3) is 10.6 Å². The van der Waals surface area contributed by atoms with Crippen LogP contribution >= 0.6 is 11.3 Å². The number of carbonyl (C=O) groups excluding carboxylic acids is 1. The smallest absolute Gasteiger partial charge is 0.269 e. The fraction of sp³-hybridized carbons (Fsp3) is 0.176. The Bertz CT molecular complexity index is 923. The highest BCUT2D eigenvalue weighted by Gasteiger charge is 2.27. The Morgan fingerprint density at radius 3 is 3.00 bits per heavy atom. The van der Waals surface area contributed by atoms with Gasteiger partial charge in [0.15, 0.2) is 0 Å². The molecule has 0 aliphatic carbocycles. The summed E-state index contributed by atoms with van der Waals surface area (Å²) >= 11 is 1.54. The third-order valence-electron chi connectivity index (χ3n) is 4.03. The lowest BCUT2D eigenvalue weighted by molar-refractivity contribution is 0.0900. The number of amides is 1. The van der Waals surface area contributed by atoms with E-state index >= 15 is 0 Å². The lowest BCUT2D eigenvalue weighted by Crippen LogP contribution is -2.45. The molecule has 0 saturated heterocycles. The van der Waals surface area contributed by atoms with Gasteiger partial charge in [-0.25, -0.2) is 13.5 Å². The summed E-state index contributed by atoms with van der Waals surface area (Å²) < 4.78 is 28.7. The molecule has 0 bridgehead atoms. The molecule has 1 aromatic carbocycles. The number of thiophene rings is 1. The van der Waals surface area contributed by atoms with E-state index in [2.05, 4.69) is 15.7 Å². The van der Waals surface area contributed by atoms with Crippen LogP contribution in [0.1, 0.15) is 22.2 Å². The zero-order valence-corrected chi connectivity index (χ0v) is 13.8. The number of aromatic nitrogens is 2. The van der Waals surface area contributed by atoms with Gasteiger partial charge in [0, 0.05) is 12.1 Å². The van der Waals surface area contributed by atoms with Crippen molar-refractivity contribution in [3.63, 3.8) is 0 Å². The molecule has 0 unspecified atom stereocenters. The van der Waals surface area contributed by atoms with Gasteiger partial charge in [-0.15, -0.1) is 11.3 Å². The third-order valence-corrected chi connectivity index (χ3v) is 4.92. The van der Waals surface area contributed by atoms with Crippen molar-refractivity contribution in [2.24, 2.45) is 0 Å². The molecule has 5 nitrogen and oxygen atoms in total. The zero-order valence-electron chi connectivity index (χ0n) is 13.0. The Morgan fingerprint density at radius 1 is 1.32 bits per heavy atom. The van der Waals surface area contributed by atoms with E-state index in [4.69, 9.17) is 0 Å². The van der Waals surface area contributed by atoms with Crippen LogP contribution in [0.5, 0.6) is 0 Å². The van der Waals surface area contributed by atoms with Gasteiger partial charge in [-0.1, -0.05) is 6.07 Å². The molecular formula is C17H14F2N4OS. The van der Waals surface area contributed by atoms with E-state index in [-0.39, 0.29) is 24.2 Å². The molecule has 1 atom stereocenters. The molecule has 0 saturated carbocycles. The molecule has 0 radical (unpaired) electrons. The molecule has 0 spiro atoms. The monoisotopic (exact) mass is 360 g/mol. The number of nitrogens with zero attached hydrogens (tertiary/aromatic N) is 2. The molecule has 0 fully saturated rings. The molecule has 2 N–H and O–H groups in total. The molecular weight excluding hydrogens is 346 g/mol. The van der Waals surface area contributed by atoms with Crippen LogP contribution in [-0.2, 0) is 6.54 Å². The van der Waals surface area contributed by atoms with Gasteiger partial charge in [-0.2, -0.15) is 5.10 Å². The normalized spacial score (nSPS) is 16.6. The first-order valence-corrected chi connectivity index (χ1v) is 8.59. The number of benzene rings is 1. The molecule has 2 aromatic heterocycles. The minimum Gasteiger partial charge on any atom is -0.347 e. The summed E-state index contributed by atoms with van der Waals surface area (Å²) in [5.74, 6) is -1.17. The van der Waals surface area contributed by atoms with Crippen molar-refractivity contribution in [3.05, 3.63) is 64.7 Å². The van der Waals surface area contributed by atoms with Gasteiger partial charge in [0.05, 0.1) is 11.4 Å². The third kappa shape index (κ3) is 3.06. The SMILES string of the molecule is O=C1NC[C@H](NCc2cc(F)ccc2F)n2nc(-c3cccs3)cc21. The summed E-state index contributed by atoms with van der Waals surface area (Å²) in [5.41, 5.74) is 1.38. The Hall–Kier alpha value is -2.58. The van der Waals surface area contributed by atoms with Gasteiger partial charge in [-0.05, 0) is 35.7 Å². The largest absolute Gasteiger partial charge is 0.347 e. The van der Waals surface area contributed by atoms with Crippen LogP contribution < -0.4 is 10.6 Å². The van der Waals surface area contributed by atoms with Gasteiger partial charge >= 0.3 is 0 Å². The Balaban J connectivity index is 1.59. The number of rotatable bonds is 4. The molecule has 1 amide bonds. The maximum atomic E-state index is 13.8. The highest BCUT2D eigenvalue weighted by Crippen LogP contribution is 2.26. The van der Waals surface area contributed by atoms with E-state index in [9.17, 15) is 13.6 Å². The first-order chi connectivity index (χ1) is 12.1. The van der Waals surface area contributed by atoms with Gasteiger partial charge in [0.1, 0.15) is 29.2 Å². The van der Waals surface area contributed by atoms with Crippen LogP contribution in [-0.4, -0.2) is 22.2 Å². The van der Waals surface area contributed by atoms with E-state index in [1.165, 1.54) is 11.3 Å². The van der Waals surface area contributed by atoms with E-state index in [1.807, 2.05) is 17.5 Å². The van der Waals surface area contributed by atoms with Crippen LogP contribution in [0.2, 0.25) is 0 Å². The van der Waals surface area contributed by atoms with E-state index in [1.54, 1.807) is 10.7 Å². The molecule has 1 aliphatic heterocycles. The fourth-order valence-corrected chi connectivity index (χ4v) is 3.46. The van der Waals surface area contributed by atoms with Crippen molar-refractivity contribution in [2.75, 3.05) is 6.54 Å². The highest BCUT2D eigenvalue weighted by atomic mass is 32.1. The average Bonchev–Trinajstić information content (AvgIpc) is 3.26. The number of fused-ring (bicyclic) bond motifs is 1. The molecule has 8 heteroatoms. The lowest BCUT2D eigenvalue weighted by Gasteiger charge is -2.25. The number of hydrogen-bond donors (Lipinski definition) is 2. The van der Waals surface area contributed by atoms with Gasteiger partial charge in [0.25, 0.3) is 5.91 Å². The highest BCUT2D eigenvalue weighted by molar-refractivity contribution is 7.13. The van der Waals surface area contributed by atoms with Crippen molar-refractivity contribution in [3.8, 4) is 10.6 Å². The minimum absolute atomic E-state index is 0.123. The summed E-state index contributed by atoms with van der Waals surface area (Å²) in [5, 5.41) is 12.4. The number of nitrogens with one attached hydrogen (secondary N) is 2. The summed E-state index contributed by atoms with van der Waals surface area (Å²) in [6.07, 6.45) is -0.343. The standard InChI is InChI=1S/C17H14F2N4OS/c18-11-3-4-12(19)10(6-11)8-20-16-9-21-17(24)14-7-13(22-23(14)16)15-2-1-5-25-15/h1-7,16,20H,8-9H2,(H,21,24)/t16-/m1/s1. The Labute approximate surface area is 146 Å². The molecule has 3 aromatic rings. The Morgan fingerprint density at radius 2 is 2.20 bits per heavy atom. The maximum Gasteiger partial charge on any atom is 0.269 e. The first kappa shape index (κ1) is 15.9. The second-order valence-corrected chi connectivity index (χ2v) is 6.63. The molecule has 1 aliphatic rings. The predicted octanol–water partition coefficient (Wildman–Crippen LogP) is 2.92. The molecule has 128 valence electrons. The number of halogens is 2. The lowest BCUT2D eigenvalue weighted by atomic mass is 10.2. The van der Waals surface area contributed by atoms with Crippen molar-refractivity contribution < 1.29 is 13.6 Å². The quantitative estimate of drug-likeness (QED) is 0.752. The van der Waals surface area contributed by atoms with Crippen LogP contribution in [0, 0.1) is 11.6 Å². The predicted molar refractivity (Wildman–Crippen MR) is 90.1 cm³/mol. The fourth-order valence-electron chi connectivity index (χ4n) is 2.78. The van der Waals surface area contributed by atoms with Crippen LogP contribution in [0.3, 0.4) is 0 Å². The maximum absolute atomic E-state index is 13.8. The zero-order chi connectivity index (χ0) is 17.4. The van der Waals surface area contributed by atoms with Gasteiger partial charge < -0.3 is 5.32 Å². The summed E-state index contributed by atoms with van der Waals surface area (Å²) in [6.45, 7) is 0.437. The van der Waals surface area contributed by atoms with Crippen LogP contribution in [0.4, 0.5) is 8.78 Å². The van der Waals surface area contributed by atoms with Crippen molar-refractivity contribution in [1.82, 2.24) is 20.4 Å². The summed E-state index contributed by atoms with van der Waals surface area (Å²) in [7, 11) is 0. The second-order valence-electron chi connectivity index (χ2n) is 5.68. The first-order valence-electron chi connectivity index (χ1n) is 7.71. The number of carbonyl (C=O) groups is 1. The van der Waals surface area contributed by atoms with E-state index in [0.717, 1.165) is 23.1 Å². The van der Waals surface area contributed by atoms with Crippen LogP contribution in [0.15, 0.2) is 41.8 Å². The molecule has 4 rings (SSSR count). The average molecular weight is 360 g/mol. The number of hydrogen-bond acceptors (Lipinski definition) is 4. The van der Waals surface area contributed by atoms with E-state index in [0.29, 0.717) is 17.9 Å². The minimum atomic E-state index is -0.491. The second kappa shape index (κ2) is 6.38. The topological polar surface area (TPSA) is 59.0 Å². The van der Waals surface area contributed by atoms with Crippen molar-refractivity contribution >= 4 is 17.2 Å². The van der Waals surface area contributed by atoms with Crippen molar-refractivity contribution in [1.29, 1.82) is 0 Å². The molecule has 3 heterocycles. The summed E-state index contributed by atoms with van der Waals surface area (Å²) in [6, 6.07) is 8.92.